The number of aromatic nitrogens is 2. The van der Waals surface area contributed by atoms with Gasteiger partial charge in [-0.2, -0.15) is 0 Å². The predicted molar refractivity (Wildman–Crippen MR) is 73.9 cm³/mol. The van der Waals surface area contributed by atoms with Gasteiger partial charge in [-0.3, -0.25) is 9.71 Å². The molecule has 1 atom stereocenters. The molecule has 2 heterocycles. The highest BCUT2D eigenvalue weighted by Gasteiger charge is 2.09. The van der Waals surface area contributed by atoms with Crippen molar-refractivity contribution < 1.29 is 4.21 Å². The standard InChI is InChI=1S/C12H9N3OS2/c16-18(12-14-7-8-17-12)15-10-5-1-3-9-4-2-6-13-11(9)10/h1-8,15H. The predicted octanol–water partition coefficient (Wildman–Crippen LogP) is 2.83. The van der Waals surface area contributed by atoms with E-state index in [2.05, 4.69) is 14.7 Å². The van der Waals surface area contributed by atoms with E-state index in [1.54, 1.807) is 17.8 Å². The molecule has 4 nitrogen and oxygen atoms in total. The van der Waals surface area contributed by atoms with E-state index >= 15 is 0 Å². The molecule has 0 saturated heterocycles. The summed E-state index contributed by atoms with van der Waals surface area (Å²) in [5.41, 5.74) is 1.56. The van der Waals surface area contributed by atoms with Crippen LogP contribution in [0.2, 0.25) is 0 Å². The van der Waals surface area contributed by atoms with E-state index in [1.807, 2.05) is 30.3 Å². The highest BCUT2D eigenvalue weighted by Crippen LogP contribution is 2.22. The van der Waals surface area contributed by atoms with Crippen molar-refractivity contribution in [2.24, 2.45) is 0 Å². The number of benzene rings is 1. The van der Waals surface area contributed by atoms with E-state index < -0.39 is 11.0 Å². The van der Waals surface area contributed by atoms with Crippen LogP contribution in [0.3, 0.4) is 0 Å². The molecule has 0 radical (unpaired) electrons. The van der Waals surface area contributed by atoms with Gasteiger partial charge in [0.15, 0.2) is 11.0 Å². The van der Waals surface area contributed by atoms with Crippen molar-refractivity contribution in [1.82, 2.24) is 9.97 Å². The molecule has 0 aliphatic heterocycles. The lowest BCUT2D eigenvalue weighted by Crippen LogP contribution is -2.05. The third kappa shape index (κ3) is 2.12. The van der Waals surface area contributed by atoms with Gasteiger partial charge in [0.05, 0.1) is 11.2 Å². The van der Waals surface area contributed by atoms with Crippen molar-refractivity contribution in [3.05, 3.63) is 48.1 Å². The topological polar surface area (TPSA) is 54.9 Å². The van der Waals surface area contributed by atoms with E-state index in [0.29, 0.717) is 4.34 Å². The summed E-state index contributed by atoms with van der Waals surface area (Å²) in [6.07, 6.45) is 3.36. The van der Waals surface area contributed by atoms with Crippen molar-refractivity contribution in [1.29, 1.82) is 0 Å². The molecule has 0 spiro atoms. The molecular formula is C12H9N3OS2. The number of thiazole rings is 1. The number of para-hydroxylation sites is 1. The molecule has 3 rings (SSSR count). The molecule has 2 aromatic heterocycles. The second-order valence-electron chi connectivity index (χ2n) is 3.55. The van der Waals surface area contributed by atoms with Crippen molar-refractivity contribution >= 4 is 38.9 Å². The summed E-state index contributed by atoms with van der Waals surface area (Å²) in [5, 5.41) is 2.81. The van der Waals surface area contributed by atoms with Gasteiger partial charge in [0.2, 0.25) is 4.34 Å². The first-order valence-electron chi connectivity index (χ1n) is 5.26. The van der Waals surface area contributed by atoms with Gasteiger partial charge in [0.1, 0.15) is 0 Å². The summed E-state index contributed by atoms with van der Waals surface area (Å²) >= 11 is 1.36. The molecule has 18 heavy (non-hydrogen) atoms. The first-order valence-corrected chi connectivity index (χ1v) is 7.29. The molecule has 1 aromatic carbocycles. The van der Waals surface area contributed by atoms with E-state index in [-0.39, 0.29) is 0 Å². The van der Waals surface area contributed by atoms with Gasteiger partial charge in [-0.05, 0) is 12.1 Å². The molecular weight excluding hydrogens is 266 g/mol. The maximum atomic E-state index is 12.0. The van der Waals surface area contributed by atoms with Crippen molar-refractivity contribution in [3.8, 4) is 0 Å². The highest BCUT2D eigenvalue weighted by molar-refractivity contribution is 7.88. The van der Waals surface area contributed by atoms with Crippen LogP contribution < -0.4 is 4.72 Å². The molecule has 90 valence electrons. The lowest BCUT2D eigenvalue weighted by molar-refractivity contribution is 0.686. The number of fused-ring (bicyclic) bond motifs is 1. The lowest BCUT2D eigenvalue weighted by Gasteiger charge is -2.06. The Bertz CT molecular complexity index is 692. The number of rotatable bonds is 3. The number of anilines is 1. The zero-order chi connectivity index (χ0) is 12.4. The smallest absolute Gasteiger partial charge is 0.202 e. The van der Waals surface area contributed by atoms with Crippen LogP contribution in [0, 0.1) is 0 Å². The summed E-state index contributed by atoms with van der Waals surface area (Å²) in [7, 11) is -1.34. The van der Waals surface area contributed by atoms with Crippen molar-refractivity contribution in [2.45, 2.75) is 4.34 Å². The molecule has 6 heteroatoms. The van der Waals surface area contributed by atoms with Gasteiger partial charge in [-0.25, -0.2) is 9.19 Å². The third-order valence-electron chi connectivity index (χ3n) is 2.40. The van der Waals surface area contributed by atoms with Gasteiger partial charge >= 0.3 is 0 Å². The maximum Gasteiger partial charge on any atom is 0.202 e. The van der Waals surface area contributed by atoms with E-state index in [9.17, 15) is 4.21 Å². The zero-order valence-electron chi connectivity index (χ0n) is 9.24. The monoisotopic (exact) mass is 275 g/mol. The minimum absolute atomic E-state index is 0.558. The summed E-state index contributed by atoms with van der Waals surface area (Å²) in [5.74, 6) is 0. The van der Waals surface area contributed by atoms with Crippen LogP contribution in [0.1, 0.15) is 0 Å². The maximum absolute atomic E-state index is 12.0. The Hall–Kier alpha value is -1.79. The molecule has 1 N–H and O–H groups in total. The number of nitrogens with zero attached hydrogens (tertiary/aromatic N) is 2. The molecule has 0 fully saturated rings. The van der Waals surface area contributed by atoms with E-state index in [1.165, 1.54) is 11.3 Å². The largest absolute Gasteiger partial charge is 0.297 e. The Balaban J connectivity index is 1.98. The van der Waals surface area contributed by atoms with E-state index in [4.69, 9.17) is 0 Å². The summed E-state index contributed by atoms with van der Waals surface area (Å²) < 4.78 is 15.5. The first kappa shape index (κ1) is 11.3. The fraction of sp³-hybridized carbons (Fsp3) is 0. The Morgan fingerprint density at radius 3 is 2.83 bits per heavy atom. The van der Waals surface area contributed by atoms with Gasteiger partial charge in [-0.15, -0.1) is 11.3 Å². The van der Waals surface area contributed by atoms with Crippen LogP contribution in [0.15, 0.2) is 52.4 Å². The third-order valence-corrected chi connectivity index (χ3v) is 4.54. The average Bonchev–Trinajstić information content (AvgIpc) is 2.93. The minimum Gasteiger partial charge on any atom is -0.297 e. The summed E-state index contributed by atoms with van der Waals surface area (Å²) in [6, 6.07) is 9.59. The van der Waals surface area contributed by atoms with Crippen LogP contribution >= 0.6 is 11.3 Å². The highest BCUT2D eigenvalue weighted by atomic mass is 32.2. The number of nitrogens with one attached hydrogen (secondary N) is 1. The van der Waals surface area contributed by atoms with Crippen LogP contribution in [0.4, 0.5) is 5.69 Å². The lowest BCUT2D eigenvalue weighted by atomic mass is 10.2. The fourth-order valence-electron chi connectivity index (χ4n) is 1.63. The van der Waals surface area contributed by atoms with Gasteiger partial charge in [-0.1, -0.05) is 18.2 Å². The Kier molecular flexibility index (Phi) is 3.04. The minimum atomic E-state index is -1.34. The number of pyridine rings is 1. The van der Waals surface area contributed by atoms with Gasteiger partial charge < -0.3 is 0 Å². The Morgan fingerprint density at radius 2 is 2.00 bits per heavy atom. The summed E-state index contributed by atoms with van der Waals surface area (Å²) in [6.45, 7) is 0. The van der Waals surface area contributed by atoms with Gasteiger partial charge in [0.25, 0.3) is 0 Å². The summed E-state index contributed by atoms with van der Waals surface area (Å²) in [4.78, 5) is 8.33. The van der Waals surface area contributed by atoms with Crippen LogP contribution in [-0.2, 0) is 11.0 Å². The number of hydrogen-bond donors (Lipinski definition) is 1. The van der Waals surface area contributed by atoms with Crippen molar-refractivity contribution in [3.63, 3.8) is 0 Å². The molecule has 0 bridgehead atoms. The van der Waals surface area contributed by atoms with Crippen LogP contribution in [-0.4, -0.2) is 14.2 Å². The number of hydrogen-bond acceptors (Lipinski definition) is 4. The van der Waals surface area contributed by atoms with Crippen LogP contribution in [0.5, 0.6) is 0 Å². The second kappa shape index (κ2) is 4.83. The molecule has 0 amide bonds. The second-order valence-corrected chi connectivity index (χ2v) is 5.83. The van der Waals surface area contributed by atoms with Gasteiger partial charge in [0, 0.05) is 23.2 Å². The molecule has 0 aliphatic carbocycles. The molecule has 3 aromatic rings. The Morgan fingerprint density at radius 1 is 1.11 bits per heavy atom. The average molecular weight is 275 g/mol. The Labute approximate surface area is 110 Å². The SMILES string of the molecule is O=S(Nc1cccc2cccnc12)c1nccs1. The molecule has 1 unspecified atom stereocenters. The molecule has 0 saturated carbocycles. The van der Waals surface area contributed by atoms with Crippen molar-refractivity contribution in [2.75, 3.05) is 4.72 Å². The molecule has 0 aliphatic rings. The zero-order valence-corrected chi connectivity index (χ0v) is 10.9. The van der Waals surface area contributed by atoms with E-state index in [0.717, 1.165) is 16.6 Å². The quantitative estimate of drug-likeness (QED) is 0.799. The first-order chi connectivity index (χ1) is 8.84. The normalized spacial score (nSPS) is 12.4. The fourth-order valence-corrected chi connectivity index (χ4v) is 3.24. The van der Waals surface area contributed by atoms with Crippen LogP contribution in [0.25, 0.3) is 10.9 Å².